The van der Waals surface area contributed by atoms with Gasteiger partial charge in [0.1, 0.15) is 0 Å². The molecule has 0 atom stereocenters. The van der Waals surface area contributed by atoms with Gasteiger partial charge in [0, 0.05) is 0 Å². The van der Waals surface area contributed by atoms with E-state index in [1.807, 2.05) is 24.3 Å². The van der Waals surface area contributed by atoms with Crippen LogP contribution in [-0.2, 0) is 4.79 Å². The Hall–Kier alpha value is -2.81. The third-order valence-corrected chi connectivity index (χ3v) is 7.74. The topological polar surface area (TPSA) is 58.6 Å². The van der Waals surface area contributed by atoms with Gasteiger partial charge >= 0.3 is 187 Å². The number of amides is 2. The number of carbonyl (C=O) groups excluding carboxylic acids is 2. The molecule has 0 saturated carbocycles. The first-order valence-corrected chi connectivity index (χ1v) is 12.9. The van der Waals surface area contributed by atoms with Gasteiger partial charge in [-0.2, -0.15) is 0 Å². The molecule has 0 spiro atoms. The van der Waals surface area contributed by atoms with E-state index < -0.39 is 0 Å². The molecule has 0 aliphatic carbocycles. The summed E-state index contributed by atoms with van der Waals surface area (Å²) in [6.45, 7) is 0.585. The molecule has 1 N–H and O–H groups in total. The minimum atomic E-state index is -0.219. The van der Waals surface area contributed by atoms with Gasteiger partial charge in [0.15, 0.2) is 0 Å². The van der Waals surface area contributed by atoms with Crippen molar-refractivity contribution in [1.82, 2.24) is 5.32 Å². The summed E-state index contributed by atoms with van der Waals surface area (Å²) in [5.74, 6) is 0.319. The number of carbonyl (C=O) groups is 2. The van der Waals surface area contributed by atoms with Gasteiger partial charge in [0.2, 0.25) is 0 Å². The molecule has 31 heavy (non-hydrogen) atoms. The van der Waals surface area contributed by atoms with E-state index in [1.165, 1.54) is 8.51 Å². The molecule has 160 valence electrons. The summed E-state index contributed by atoms with van der Waals surface area (Å²) in [5, 5.41) is 2.96. The fourth-order valence-corrected chi connectivity index (χ4v) is 5.48. The van der Waals surface area contributed by atoms with E-state index in [-0.39, 0.29) is 39.3 Å². The zero-order valence-corrected chi connectivity index (χ0v) is 19.8. The van der Waals surface area contributed by atoms with Crippen molar-refractivity contribution in [3.05, 3.63) is 90.5 Å². The Morgan fingerprint density at radius 3 is 2.19 bits per heavy atom. The van der Waals surface area contributed by atoms with Crippen molar-refractivity contribution in [3.8, 4) is 5.75 Å². The van der Waals surface area contributed by atoms with Crippen LogP contribution in [-0.4, -0.2) is 52.9 Å². The predicted octanol–water partition coefficient (Wildman–Crippen LogP) is 3.30. The monoisotopic (exact) mass is 532 g/mol. The van der Waals surface area contributed by atoms with Crippen LogP contribution in [0.1, 0.15) is 16.8 Å². The number of anilines is 1. The van der Waals surface area contributed by atoms with Crippen LogP contribution in [0.4, 0.5) is 5.69 Å². The van der Waals surface area contributed by atoms with Gasteiger partial charge in [0.25, 0.3) is 0 Å². The van der Waals surface area contributed by atoms with Crippen molar-refractivity contribution in [3.63, 3.8) is 0 Å². The number of hydrogen-bond donors (Lipinski definition) is 1. The molecule has 3 aromatic rings. The third kappa shape index (κ3) is 7.13. The molecule has 0 bridgehead atoms. The first-order chi connectivity index (χ1) is 15.2. The maximum atomic E-state index is 13.1. The molecule has 0 heterocycles. The van der Waals surface area contributed by atoms with Crippen LogP contribution in [0, 0.1) is 0 Å². The van der Waals surface area contributed by atoms with E-state index in [2.05, 4.69) is 29.6 Å². The Kier molecular flexibility index (Phi) is 8.96. The van der Waals surface area contributed by atoms with Crippen LogP contribution in [0.25, 0.3) is 0 Å². The normalized spacial score (nSPS) is 10.4. The number of nitrogens with one attached hydrogen (secondary N) is 1. The molecule has 0 unspecified atom stereocenters. The number of hydrogen-bond acceptors (Lipinski definition) is 3. The Bertz CT molecular complexity index is 963. The summed E-state index contributed by atoms with van der Waals surface area (Å²) >= 11 is -0.219. The standard InChI is InChI=1S/C25H26N2O3Te/c1-30-22-15-13-21(14-16-22)27(25(29)20-9-4-2-5-10-20)19-24(28)26-17-8-18-31-23-11-6-3-7-12-23/h2-7,9-16H,8,17-19H2,1H3,(H,26,28). The predicted molar refractivity (Wildman–Crippen MR) is 125 cm³/mol. The van der Waals surface area contributed by atoms with Crippen LogP contribution in [0.2, 0.25) is 4.47 Å². The van der Waals surface area contributed by atoms with Crippen LogP contribution in [0.15, 0.2) is 84.9 Å². The molecule has 0 saturated heterocycles. The summed E-state index contributed by atoms with van der Waals surface area (Å²) in [6, 6.07) is 26.7. The first-order valence-electron chi connectivity index (χ1n) is 10.1. The average Bonchev–Trinajstić information content (AvgIpc) is 2.83. The Balaban J connectivity index is 1.58. The minimum absolute atomic E-state index is 0.0323. The molecule has 0 aliphatic rings. The molecule has 5 nitrogen and oxygen atoms in total. The van der Waals surface area contributed by atoms with Crippen molar-refractivity contribution in [1.29, 1.82) is 0 Å². The van der Waals surface area contributed by atoms with Crippen LogP contribution in [0.5, 0.6) is 5.75 Å². The summed E-state index contributed by atoms with van der Waals surface area (Å²) in [4.78, 5) is 27.2. The molecule has 6 heteroatoms. The van der Waals surface area contributed by atoms with Crippen LogP contribution < -0.4 is 18.6 Å². The fourth-order valence-electron chi connectivity index (χ4n) is 2.99. The van der Waals surface area contributed by atoms with E-state index in [1.54, 1.807) is 43.5 Å². The zero-order valence-electron chi connectivity index (χ0n) is 17.5. The first kappa shape index (κ1) is 22.9. The summed E-state index contributed by atoms with van der Waals surface area (Å²) in [5.41, 5.74) is 1.19. The van der Waals surface area contributed by atoms with Gasteiger partial charge < -0.3 is 0 Å². The van der Waals surface area contributed by atoms with Gasteiger partial charge in [-0.05, 0) is 0 Å². The number of nitrogens with zero attached hydrogens (tertiary/aromatic N) is 1. The van der Waals surface area contributed by atoms with Gasteiger partial charge in [-0.1, -0.05) is 0 Å². The third-order valence-electron chi connectivity index (χ3n) is 4.61. The van der Waals surface area contributed by atoms with E-state index >= 15 is 0 Å². The quantitative estimate of drug-likeness (QED) is 0.324. The second kappa shape index (κ2) is 12.1. The molecule has 3 aromatic carbocycles. The maximum absolute atomic E-state index is 13.1. The molecular formula is C25H26N2O3Te. The molecule has 0 aliphatic heterocycles. The Morgan fingerprint density at radius 1 is 0.903 bits per heavy atom. The summed E-state index contributed by atoms with van der Waals surface area (Å²) in [6.07, 6.45) is 0.943. The van der Waals surface area contributed by atoms with Gasteiger partial charge in [-0.3, -0.25) is 0 Å². The van der Waals surface area contributed by atoms with E-state index in [0.717, 1.165) is 10.9 Å². The fraction of sp³-hybridized carbons (Fsp3) is 0.200. The molecule has 2 amide bonds. The molecular weight excluding hydrogens is 504 g/mol. The molecule has 0 fully saturated rings. The van der Waals surface area contributed by atoms with E-state index in [4.69, 9.17) is 4.74 Å². The number of methoxy groups -OCH3 is 1. The van der Waals surface area contributed by atoms with Crippen molar-refractivity contribution >= 4 is 42.0 Å². The number of ether oxygens (including phenoxy) is 1. The van der Waals surface area contributed by atoms with Crippen molar-refractivity contribution in [2.75, 3.05) is 25.1 Å². The SMILES string of the molecule is COc1ccc(N(CC(=O)NCCC[Te]c2ccccc2)C(=O)c2ccccc2)cc1. The van der Waals surface area contributed by atoms with Crippen LogP contribution >= 0.6 is 0 Å². The Labute approximate surface area is 193 Å². The van der Waals surface area contributed by atoms with Crippen molar-refractivity contribution in [2.24, 2.45) is 0 Å². The number of rotatable bonds is 10. The Morgan fingerprint density at radius 2 is 1.55 bits per heavy atom. The van der Waals surface area contributed by atoms with Gasteiger partial charge in [-0.25, -0.2) is 0 Å². The second-order valence-corrected chi connectivity index (χ2v) is 10.2. The van der Waals surface area contributed by atoms with E-state index in [0.29, 0.717) is 23.5 Å². The van der Waals surface area contributed by atoms with Gasteiger partial charge in [0.05, 0.1) is 7.11 Å². The second-order valence-electron chi connectivity index (χ2n) is 6.82. The average molecular weight is 530 g/mol. The summed E-state index contributed by atoms with van der Waals surface area (Å²) < 4.78 is 7.76. The summed E-state index contributed by atoms with van der Waals surface area (Å²) in [7, 11) is 1.59. The molecule has 0 radical (unpaired) electrons. The van der Waals surface area contributed by atoms with Crippen molar-refractivity contribution in [2.45, 2.75) is 10.9 Å². The van der Waals surface area contributed by atoms with Gasteiger partial charge in [-0.15, -0.1) is 0 Å². The van der Waals surface area contributed by atoms with E-state index in [9.17, 15) is 9.59 Å². The zero-order chi connectivity index (χ0) is 21.9. The molecule has 0 aromatic heterocycles. The van der Waals surface area contributed by atoms with Crippen LogP contribution in [0.3, 0.4) is 0 Å². The molecule has 3 rings (SSSR count). The van der Waals surface area contributed by atoms with Crippen molar-refractivity contribution < 1.29 is 14.3 Å². The number of benzene rings is 3.